The molecule has 0 radical (unpaired) electrons. The summed E-state index contributed by atoms with van der Waals surface area (Å²) in [6.45, 7) is 14.8. The van der Waals surface area contributed by atoms with Gasteiger partial charge in [0.05, 0.1) is 18.7 Å². The lowest BCUT2D eigenvalue weighted by Gasteiger charge is -2.61. The Hall–Kier alpha value is -3.46. The molecule has 276 valence electrons. The molecule has 2 spiro atoms. The predicted molar refractivity (Wildman–Crippen MR) is 189 cm³/mol. The summed E-state index contributed by atoms with van der Waals surface area (Å²) in [5.74, 6) is 0.233. The quantitative estimate of drug-likeness (QED) is 0.197. The number of hydrogen-bond acceptors (Lipinski definition) is 9. The van der Waals surface area contributed by atoms with Gasteiger partial charge in [0.2, 0.25) is 0 Å². The molecule has 0 saturated heterocycles. The van der Waals surface area contributed by atoms with Crippen LogP contribution in [-0.2, 0) is 33.4 Å². The fourth-order valence-electron chi connectivity index (χ4n) is 12.6. The van der Waals surface area contributed by atoms with E-state index in [0.717, 1.165) is 44.1 Å². The van der Waals surface area contributed by atoms with E-state index >= 15 is 0 Å². The second-order valence-corrected chi connectivity index (χ2v) is 17.4. The van der Waals surface area contributed by atoms with Crippen molar-refractivity contribution >= 4 is 23.7 Å². The van der Waals surface area contributed by atoms with E-state index in [1.807, 2.05) is 12.1 Å². The van der Waals surface area contributed by atoms with Crippen molar-refractivity contribution in [3.63, 3.8) is 0 Å². The third kappa shape index (κ3) is 5.42. The average Bonchev–Trinajstić information content (AvgIpc) is 3.53. The third-order valence-electron chi connectivity index (χ3n) is 15.0. The van der Waals surface area contributed by atoms with E-state index in [1.165, 1.54) is 18.9 Å². The zero-order valence-electron chi connectivity index (χ0n) is 31.5. The lowest BCUT2D eigenvalue weighted by atomic mass is 9.43. The first-order valence-corrected chi connectivity index (χ1v) is 19.0. The van der Waals surface area contributed by atoms with Crippen molar-refractivity contribution in [3.05, 3.63) is 59.4 Å². The fraction of sp³-hybridized carbons (Fsp3) is 0.667. The van der Waals surface area contributed by atoms with E-state index in [9.17, 15) is 19.2 Å². The van der Waals surface area contributed by atoms with Gasteiger partial charge in [-0.2, -0.15) is 0 Å². The van der Waals surface area contributed by atoms with Gasteiger partial charge in [-0.25, -0.2) is 4.79 Å². The van der Waals surface area contributed by atoms with Crippen molar-refractivity contribution in [1.82, 2.24) is 5.06 Å². The van der Waals surface area contributed by atoms with E-state index < -0.39 is 18.0 Å². The number of hydroxylamine groups is 2. The number of ketones is 1. The molecular formula is C42H55NO8. The van der Waals surface area contributed by atoms with Crippen LogP contribution < -0.4 is 0 Å². The van der Waals surface area contributed by atoms with Crippen LogP contribution in [0.3, 0.4) is 0 Å². The molecule has 0 aromatic heterocycles. The highest BCUT2D eigenvalue weighted by atomic mass is 16.7. The number of carbonyl (C=O) groups excluding carboxylic acids is 4. The first-order chi connectivity index (χ1) is 24.1. The van der Waals surface area contributed by atoms with Gasteiger partial charge in [0.25, 0.3) is 0 Å². The SMILES string of the molecule is CC(=O)OC1CC2(C)C3CCC4C(C)C(=O)C=CC45CC35CCC2(C)C1C(C)C(OC(C)=O)C1=C(CN(C)OC(=O)c2ccccc2)C(C)CO1. The minimum Gasteiger partial charge on any atom is -0.493 e. The highest BCUT2D eigenvalue weighted by Gasteiger charge is 2.81. The topological polar surface area (TPSA) is 108 Å². The van der Waals surface area contributed by atoms with E-state index in [2.05, 4.69) is 40.7 Å². The number of ether oxygens (including phenoxy) is 3. The van der Waals surface area contributed by atoms with Crippen LogP contribution in [0.15, 0.2) is 53.8 Å². The second kappa shape index (κ2) is 12.6. The average molecular weight is 702 g/mol. The summed E-state index contributed by atoms with van der Waals surface area (Å²) in [5, 5.41) is 1.51. The van der Waals surface area contributed by atoms with Gasteiger partial charge in [0, 0.05) is 44.6 Å². The molecule has 9 heteroatoms. The number of esters is 2. The second-order valence-electron chi connectivity index (χ2n) is 17.4. The molecule has 4 saturated carbocycles. The van der Waals surface area contributed by atoms with E-state index in [0.29, 0.717) is 29.8 Å². The molecule has 7 rings (SSSR count). The predicted octanol–water partition coefficient (Wildman–Crippen LogP) is 7.11. The Morgan fingerprint density at radius 1 is 1.02 bits per heavy atom. The van der Waals surface area contributed by atoms with Gasteiger partial charge in [0.15, 0.2) is 11.9 Å². The standard InChI is InChI=1S/C42H55NO8/c1-24-22-48-37(30(24)21-43(8)51-38(47)29-12-10-9-11-13-29)36(50-28(5)45)26(3)35-33(49-27(4)44)20-40(7)34-15-14-31-25(2)32(46)16-17-41(31)23-42(34,41)19-18-39(35,40)6/h9-13,16-17,24-26,31,33-36H,14-15,18-23H2,1-8H3. The highest BCUT2D eigenvalue weighted by Crippen LogP contribution is 2.87. The Morgan fingerprint density at radius 2 is 1.75 bits per heavy atom. The van der Waals surface area contributed by atoms with Gasteiger partial charge >= 0.3 is 17.9 Å². The van der Waals surface area contributed by atoms with E-state index in [1.54, 1.807) is 31.3 Å². The Labute approximate surface area is 302 Å². The van der Waals surface area contributed by atoms with Crippen molar-refractivity contribution in [2.75, 3.05) is 20.2 Å². The molecule has 12 unspecified atom stereocenters. The monoisotopic (exact) mass is 701 g/mol. The van der Waals surface area contributed by atoms with Gasteiger partial charge < -0.3 is 19.0 Å². The molecule has 1 aromatic rings. The van der Waals surface area contributed by atoms with Crippen molar-refractivity contribution in [3.8, 4) is 0 Å². The van der Waals surface area contributed by atoms with Gasteiger partial charge in [-0.3, -0.25) is 14.4 Å². The zero-order valence-corrected chi connectivity index (χ0v) is 31.5. The molecule has 0 amide bonds. The van der Waals surface area contributed by atoms with Crippen LogP contribution in [0.2, 0.25) is 0 Å². The van der Waals surface area contributed by atoms with Crippen molar-refractivity contribution in [1.29, 1.82) is 0 Å². The number of benzene rings is 1. The van der Waals surface area contributed by atoms with Crippen molar-refractivity contribution in [2.45, 2.75) is 99.2 Å². The van der Waals surface area contributed by atoms with E-state index in [-0.39, 0.29) is 69.7 Å². The highest BCUT2D eigenvalue weighted by molar-refractivity contribution is 5.93. The van der Waals surface area contributed by atoms with Gasteiger partial charge in [-0.1, -0.05) is 58.9 Å². The van der Waals surface area contributed by atoms with Crippen LogP contribution in [0.1, 0.15) is 97.3 Å². The molecule has 0 N–H and O–H groups in total. The summed E-state index contributed by atoms with van der Waals surface area (Å²) in [6.07, 6.45) is 9.10. The largest absolute Gasteiger partial charge is 0.493 e. The Balaban J connectivity index is 1.21. The zero-order chi connectivity index (χ0) is 36.7. The minimum atomic E-state index is -0.713. The van der Waals surface area contributed by atoms with Gasteiger partial charge in [-0.15, -0.1) is 5.06 Å². The molecule has 1 aliphatic heterocycles. The van der Waals surface area contributed by atoms with Gasteiger partial charge in [0.1, 0.15) is 11.9 Å². The summed E-state index contributed by atoms with van der Waals surface area (Å²) in [5.41, 5.74) is 1.26. The summed E-state index contributed by atoms with van der Waals surface area (Å²) in [7, 11) is 1.72. The molecular weight excluding hydrogens is 646 g/mol. The van der Waals surface area contributed by atoms with Crippen LogP contribution >= 0.6 is 0 Å². The molecule has 5 aliphatic carbocycles. The fourth-order valence-corrected chi connectivity index (χ4v) is 12.6. The van der Waals surface area contributed by atoms with E-state index in [4.69, 9.17) is 19.0 Å². The number of likely N-dealkylation sites (N-methyl/N-ethyl adjacent to an activating group) is 1. The molecule has 9 nitrogen and oxygen atoms in total. The smallest absolute Gasteiger partial charge is 0.357 e. The van der Waals surface area contributed by atoms with Gasteiger partial charge in [-0.05, 0) is 95.8 Å². The normalized spacial score (nSPS) is 40.3. The van der Waals surface area contributed by atoms with Crippen LogP contribution in [0, 0.1) is 57.2 Å². The molecule has 1 heterocycles. The van der Waals surface area contributed by atoms with Crippen molar-refractivity contribution in [2.24, 2.45) is 57.2 Å². The molecule has 6 aliphatic rings. The maximum atomic E-state index is 12.9. The third-order valence-corrected chi connectivity index (χ3v) is 15.0. The summed E-state index contributed by atoms with van der Waals surface area (Å²) < 4.78 is 18.9. The summed E-state index contributed by atoms with van der Waals surface area (Å²) >= 11 is 0. The molecule has 12 atom stereocenters. The Morgan fingerprint density at radius 3 is 2.43 bits per heavy atom. The van der Waals surface area contributed by atoms with Crippen molar-refractivity contribution < 1.29 is 38.2 Å². The number of carbonyl (C=O) groups is 4. The first-order valence-electron chi connectivity index (χ1n) is 19.0. The van der Waals surface area contributed by atoms with Crippen LogP contribution in [0.4, 0.5) is 0 Å². The maximum Gasteiger partial charge on any atom is 0.357 e. The lowest BCUT2D eigenvalue weighted by Crippen LogP contribution is -2.55. The van der Waals surface area contributed by atoms with Crippen LogP contribution in [0.25, 0.3) is 0 Å². The molecule has 1 aromatic carbocycles. The maximum absolute atomic E-state index is 12.9. The number of fused-ring (bicyclic) bond motifs is 2. The Kier molecular flexibility index (Phi) is 8.87. The minimum absolute atomic E-state index is 0.00503. The molecule has 0 bridgehead atoms. The van der Waals surface area contributed by atoms with Crippen LogP contribution in [-0.4, -0.2) is 61.2 Å². The Bertz CT molecular complexity index is 1670. The number of hydrogen-bond donors (Lipinski definition) is 0. The number of rotatable bonds is 9. The number of allylic oxidation sites excluding steroid dienone is 2. The summed E-state index contributed by atoms with van der Waals surface area (Å²) in [6, 6.07) is 8.86. The first kappa shape index (κ1) is 35.9. The number of nitrogens with zero attached hydrogens (tertiary/aromatic N) is 1. The van der Waals surface area contributed by atoms with Crippen LogP contribution in [0.5, 0.6) is 0 Å². The molecule has 4 fully saturated rings. The molecule has 51 heavy (non-hydrogen) atoms. The summed E-state index contributed by atoms with van der Waals surface area (Å²) in [4.78, 5) is 57.0. The lowest BCUT2D eigenvalue weighted by molar-refractivity contribution is -0.162.